The van der Waals surface area contributed by atoms with Gasteiger partial charge in [-0.3, -0.25) is 14.9 Å². The zero-order valence-electron chi connectivity index (χ0n) is 15.9. The van der Waals surface area contributed by atoms with Gasteiger partial charge >= 0.3 is 6.61 Å². The number of furan rings is 1. The molecule has 0 unspecified atom stereocenters. The van der Waals surface area contributed by atoms with Gasteiger partial charge in [-0.1, -0.05) is 17.7 Å². The normalized spacial score (nSPS) is 10.7. The van der Waals surface area contributed by atoms with Gasteiger partial charge in [0.1, 0.15) is 23.9 Å². The first-order valence-electron chi connectivity index (χ1n) is 8.75. The van der Waals surface area contributed by atoms with E-state index < -0.39 is 17.4 Å². The molecule has 0 saturated carbocycles. The highest BCUT2D eigenvalue weighted by atomic mass is 35.5. The number of non-ortho nitro benzene ring substituents is 1. The molecule has 0 aliphatic rings. The minimum absolute atomic E-state index is 0.0495. The number of nitrogens with zero attached hydrogens (tertiary/aromatic N) is 1. The molecular weight excluding hydrogens is 438 g/mol. The summed E-state index contributed by atoms with van der Waals surface area (Å²) in [6.07, 6.45) is 0. The van der Waals surface area contributed by atoms with Crippen LogP contribution in [-0.4, -0.2) is 17.4 Å². The molecule has 0 aliphatic carbocycles. The fourth-order valence-corrected chi connectivity index (χ4v) is 2.72. The number of rotatable bonds is 8. The summed E-state index contributed by atoms with van der Waals surface area (Å²) in [7, 11) is 0. The Labute approximate surface area is 179 Å². The van der Waals surface area contributed by atoms with Crippen molar-refractivity contribution < 1.29 is 32.4 Å². The molecule has 0 radical (unpaired) electrons. The summed E-state index contributed by atoms with van der Waals surface area (Å²) in [5, 5.41) is 13.5. The maximum atomic E-state index is 12.6. The molecule has 0 aliphatic heterocycles. The third-order valence-electron chi connectivity index (χ3n) is 3.98. The lowest BCUT2D eigenvalue weighted by atomic mass is 10.2. The zero-order valence-corrected chi connectivity index (χ0v) is 16.7. The van der Waals surface area contributed by atoms with Crippen LogP contribution in [0, 0.1) is 17.0 Å². The van der Waals surface area contributed by atoms with Crippen molar-refractivity contribution in [1.29, 1.82) is 0 Å². The minimum atomic E-state index is -3.05. The van der Waals surface area contributed by atoms with Gasteiger partial charge in [0.15, 0.2) is 5.76 Å². The molecule has 3 rings (SSSR count). The highest BCUT2D eigenvalue weighted by Gasteiger charge is 2.17. The van der Waals surface area contributed by atoms with E-state index in [1.54, 1.807) is 13.0 Å². The summed E-state index contributed by atoms with van der Waals surface area (Å²) >= 11 is 5.97. The van der Waals surface area contributed by atoms with Crippen molar-refractivity contribution in [2.45, 2.75) is 20.1 Å². The molecule has 31 heavy (non-hydrogen) atoms. The molecule has 162 valence electrons. The number of ether oxygens (including phenoxy) is 2. The van der Waals surface area contributed by atoms with E-state index in [-0.39, 0.29) is 46.0 Å². The van der Waals surface area contributed by atoms with Gasteiger partial charge in [-0.05, 0) is 42.8 Å². The molecule has 8 nitrogen and oxygen atoms in total. The Hall–Kier alpha value is -3.66. The van der Waals surface area contributed by atoms with Crippen LogP contribution in [0.3, 0.4) is 0 Å². The number of aryl methyl sites for hydroxylation is 1. The van der Waals surface area contributed by atoms with E-state index in [1.807, 2.05) is 0 Å². The van der Waals surface area contributed by atoms with Crippen LogP contribution in [0.5, 0.6) is 11.5 Å². The van der Waals surface area contributed by atoms with Crippen molar-refractivity contribution in [2.24, 2.45) is 0 Å². The number of halogens is 3. The van der Waals surface area contributed by atoms with Crippen molar-refractivity contribution >= 4 is 28.9 Å². The van der Waals surface area contributed by atoms with Gasteiger partial charge in [0.05, 0.1) is 21.7 Å². The van der Waals surface area contributed by atoms with Crippen molar-refractivity contribution in [3.05, 3.63) is 80.8 Å². The van der Waals surface area contributed by atoms with Gasteiger partial charge in [0.25, 0.3) is 11.6 Å². The number of anilines is 1. The predicted molar refractivity (Wildman–Crippen MR) is 107 cm³/mol. The lowest BCUT2D eigenvalue weighted by molar-refractivity contribution is -0.384. The molecule has 1 heterocycles. The van der Waals surface area contributed by atoms with E-state index in [4.69, 9.17) is 20.8 Å². The van der Waals surface area contributed by atoms with Gasteiger partial charge in [0.2, 0.25) is 0 Å². The highest BCUT2D eigenvalue weighted by molar-refractivity contribution is 6.32. The molecule has 0 atom stereocenters. The van der Waals surface area contributed by atoms with Crippen molar-refractivity contribution in [3.8, 4) is 11.5 Å². The summed E-state index contributed by atoms with van der Waals surface area (Å²) in [4.78, 5) is 22.7. The van der Waals surface area contributed by atoms with Crippen LogP contribution in [0.25, 0.3) is 0 Å². The Bertz CT molecular complexity index is 1120. The summed E-state index contributed by atoms with van der Waals surface area (Å²) in [5.74, 6) is -0.666. The second-order valence-corrected chi connectivity index (χ2v) is 6.67. The standard InChI is InChI=1S/C20H15ClF2N2O6/c1-11-2-6-15(18(8-11)31-20(22)23)24-19(26)16-7-4-13(30-16)10-29-17-9-12(25(27)28)3-5-14(17)21/h2-9,20H,10H2,1H3,(H,24,26). The van der Waals surface area contributed by atoms with Gasteiger partial charge in [-0.15, -0.1) is 0 Å². The SMILES string of the molecule is Cc1ccc(NC(=O)c2ccc(COc3cc([N+](=O)[O-])ccc3Cl)o2)c(OC(F)F)c1. The number of hydrogen-bond donors (Lipinski definition) is 1. The summed E-state index contributed by atoms with van der Waals surface area (Å²) in [6.45, 7) is -1.51. The Morgan fingerprint density at radius 3 is 2.68 bits per heavy atom. The zero-order chi connectivity index (χ0) is 22.5. The van der Waals surface area contributed by atoms with E-state index in [0.29, 0.717) is 5.56 Å². The average molecular weight is 453 g/mol. The molecule has 0 bridgehead atoms. The Morgan fingerprint density at radius 1 is 1.19 bits per heavy atom. The van der Waals surface area contributed by atoms with E-state index in [1.165, 1.54) is 42.5 Å². The molecule has 0 fully saturated rings. The van der Waals surface area contributed by atoms with Crippen LogP contribution in [0.1, 0.15) is 21.9 Å². The molecule has 1 N–H and O–H groups in total. The number of hydrogen-bond acceptors (Lipinski definition) is 6. The monoisotopic (exact) mass is 452 g/mol. The number of nitrogens with one attached hydrogen (secondary N) is 1. The number of carbonyl (C=O) groups is 1. The second kappa shape index (κ2) is 9.43. The molecule has 2 aromatic carbocycles. The molecular formula is C20H15ClF2N2O6. The van der Waals surface area contributed by atoms with E-state index in [0.717, 1.165) is 0 Å². The molecule has 1 aromatic heterocycles. The largest absolute Gasteiger partial charge is 0.484 e. The molecule has 3 aromatic rings. The van der Waals surface area contributed by atoms with Gasteiger partial charge in [-0.2, -0.15) is 8.78 Å². The molecule has 0 spiro atoms. The number of benzene rings is 2. The average Bonchev–Trinajstić information content (AvgIpc) is 3.18. The number of nitro groups is 1. The first kappa shape index (κ1) is 22.0. The predicted octanol–water partition coefficient (Wildman–Crippen LogP) is 5.58. The van der Waals surface area contributed by atoms with Gasteiger partial charge < -0.3 is 19.2 Å². The summed E-state index contributed by atoms with van der Waals surface area (Å²) < 4.78 is 40.5. The van der Waals surface area contributed by atoms with Crippen LogP contribution < -0.4 is 14.8 Å². The van der Waals surface area contributed by atoms with Crippen LogP contribution >= 0.6 is 11.6 Å². The smallest absolute Gasteiger partial charge is 0.387 e. The lowest BCUT2D eigenvalue weighted by Crippen LogP contribution is -2.13. The fraction of sp³-hybridized carbons (Fsp3) is 0.150. The van der Waals surface area contributed by atoms with Crippen molar-refractivity contribution in [1.82, 2.24) is 0 Å². The number of amides is 1. The van der Waals surface area contributed by atoms with E-state index >= 15 is 0 Å². The van der Waals surface area contributed by atoms with E-state index in [9.17, 15) is 23.7 Å². The van der Waals surface area contributed by atoms with Crippen molar-refractivity contribution in [3.63, 3.8) is 0 Å². The fourth-order valence-electron chi connectivity index (χ4n) is 2.55. The third-order valence-corrected chi connectivity index (χ3v) is 4.29. The topological polar surface area (TPSA) is 104 Å². The third kappa shape index (κ3) is 5.70. The lowest BCUT2D eigenvalue weighted by Gasteiger charge is -2.12. The maximum absolute atomic E-state index is 12.6. The Morgan fingerprint density at radius 2 is 1.97 bits per heavy atom. The number of nitro benzene ring substituents is 1. The summed E-state index contributed by atoms with van der Waals surface area (Å²) in [6, 6.07) is 11.0. The first-order valence-corrected chi connectivity index (χ1v) is 9.13. The Balaban J connectivity index is 1.68. The van der Waals surface area contributed by atoms with E-state index in [2.05, 4.69) is 10.1 Å². The Kier molecular flexibility index (Phi) is 6.71. The molecule has 1 amide bonds. The van der Waals surface area contributed by atoms with Gasteiger partial charge in [-0.25, -0.2) is 0 Å². The van der Waals surface area contributed by atoms with Gasteiger partial charge in [0, 0.05) is 6.07 Å². The highest BCUT2D eigenvalue weighted by Crippen LogP contribution is 2.30. The number of carbonyl (C=O) groups excluding carboxylic acids is 1. The second-order valence-electron chi connectivity index (χ2n) is 6.26. The van der Waals surface area contributed by atoms with Crippen LogP contribution in [-0.2, 0) is 6.61 Å². The number of alkyl halides is 2. The quantitative estimate of drug-likeness (QED) is 0.353. The first-order chi connectivity index (χ1) is 14.7. The van der Waals surface area contributed by atoms with Crippen molar-refractivity contribution in [2.75, 3.05) is 5.32 Å². The molecule has 11 heteroatoms. The van der Waals surface area contributed by atoms with Crippen LogP contribution in [0.4, 0.5) is 20.2 Å². The van der Waals surface area contributed by atoms with Crippen LogP contribution in [0.2, 0.25) is 5.02 Å². The molecule has 0 saturated heterocycles. The maximum Gasteiger partial charge on any atom is 0.387 e. The van der Waals surface area contributed by atoms with Crippen LogP contribution in [0.15, 0.2) is 52.9 Å². The minimum Gasteiger partial charge on any atom is -0.484 e. The summed E-state index contributed by atoms with van der Waals surface area (Å²) in [5.41, 5.74) is 0.526.